The molecule has 0 aliphatic carbocycles. The molecule has 2 rings (SSSR count). The van der Waals surface area contributed by atoms with Crippen molar-refractivity contribution >= 4 is 17.3 Å². The van der Waals surface area contributed by atoms with Crippen LogP contribution in [0, 0.1) is 0 Å². The highest BCUT2D eigenvalue weighted by atomic mass is 32.1. The minimum atomic E-state index is -0.918. The second kappa shape index (κ2) is 5.27. The molecule has 0 radical (unpaired) electrons. The number of rotatable bonds is 4. The van der Waals surface area contributed by atoms with Crippen LogP contribution in [-0.4, -0.2) is 32.3 Å². The Morgan fingerprint density at radius 1 is 1.63 bits per heavy atom. The molecule has 7 nitrogen and oxygen atoms in total. The van der Waals surface area contributed by atoms with Gasteiger partial charge in [0.2, 0.25) is 5.88 Å². The molecule has 0 aliphatic rings. The summed E-state index contributed by atoms with van der Waals surface area (Å²) in [4.78, 5) is 27.2. The number of esters is 1. The van der Waals surface area contributed by atoms with Gasteiger partial charge < -0.3 is 14.4 Å². The molecule has 1 unspecified atom stereocenters. The third-order valence-electron chi connectivity index (χ3n) is 2.65. The van der Waals surface area contributed by atoms with Gasteiger partial charge in [-0.2, -0.15) is 0 Å². The van der Waals surface area contributed by atoms with Crippen molar-refractivity contribution in [2.24, 2.45) is 7.05 Å². The Bertz CT molecular complexity index is 642. The largest absolute Gasteiger partial charge is 0.494 e. The number of carbonyl (C=O) groups is 1. The lowest BCUT2D eigenvalue weighted by Crippen LogP contribution is -2.29. The zero-order chi connectivity index (χ0) is 14.0. The Hall–Kier alpha value is -2.09. The summed E-state index contributed by atoms with van der Waals surface area (Å²) in [6.45, 7) is 0. The minimum Gasteiger partial charge on any atom is -0.494 e. The predicted molar refractivity (Wildman–Crippen MR) is 68.2 cm³/mol. The van der Waals surface area contributed by atoms with Gasteiger partial charge in [0.25, 0.3) is 0 Å². The number of aromatic hydroxyl groups is 1. The first kappa shape index (κ1) is 13.3. The van der Waals surface area contributed by atoms with Crippen molar-refractivity contribution < 1.29 is 14.6 Å². The lowest BCUT2D eigenvalue weighted by molar-refractivity contribution is -0.144. The van der Waals surface area contributed by atoms with Crippen LogP contribution in [0.2, 0.25) is 0 Å². The highest BCUT2D eigenvalue weighted by Gasteiger charge is 2.26. The summed E-state index contributed by atoms with van der Waals surface area (Å²) in [5.41, 5.74) is 0.635. The molecule has 2 heterocycles. The summed E-state index contributed by atoms with van der Waals surface area (Å²) in [6.07, 6.45) is 3.52. The second-order valence-electron chi connectivity index (χ2n) is 4.00. The Kier molecular flexibility index (Phi) is 3.70. The smallest absolute Gasteiger partial charge is 0.329 e. The molecular weight excluding hydrogens is 270 g/mol. The Labute approximate surface area is 112 Å². The van der Waals surface area contributed by atoms with E-state index in [0.717, 1.165) is 15.9 Å². The predicted octanol–water partition coefficient (Wildman–Crippen LogP) is 0.306. The molecule has 2 aromatic heterocycles. The number of hydrogen-bond donors (Lipinski definition) is 1. The van der Waals surface area contributed by atoms with E-state index in [-0.39, 0.29) is 12.3 Å². The molecule has 2 aromatic rings. The minimum absolute atomic E-state index is 0.178. The number of aromatic nitrogens is 3. The molecule has 8 heteroatoms. The van der Waals surface area contributed by atoms with E-state index in [1.165, 1.54) is 12.5 Å². The van der Waals surface area contributed by atoms with E-state index < -0.39 is 16.9 Å². The summed E-state index contributed by atoms with van der Waals surface area (Å²) < 4.78 is 7.44. The molecule has 0 aromatic carbocycles. The van der Waals surface area contributed by atoms with E-state index in [2.05, 4.69) is 9.72 Å². The highest BCUT2D eigenvalue weighted by molar-refractivity contribution is 7.07. The van der Waals surface area contributed by atoms with E-state index >= 15 is 0 Å². The Balaban J connectivity index is 2.37. The molecule has 0 saturated heterocycles. The van der Waals surface area contributed by atoms with Crippen LogP contribution in [0.5, 0.6) is 5.88 Å². The van der Waals surface area contributed by atoms with E-state index in [0.29, 0.717) is 5.69 Å². The molecular formula is C11H13N3O4S. The van der Waals surface area contributed by atoms with E-state index in [1.807, 2.05) is 0 Å². The van der Waals surface area contributed by atoms with Gasteiger partial charge in [0, 0.05) is 19.7 Å². The van der Waals surface area contributed by atoms with Gasteiger partial charge in [-0.15, -0.1) is 0 Å². The lowest BCUT2D eigenvalue weighted by atomic mass is 10.1. The summed E-state index contributed by atoms with van der Waals surface area (Å²) in [5, 5.41) is 11.0. The molecule has 0 bridgehead atoms. The van der Waals surface area contributed by atoms with Gasteiger partial charge in [-0.1, -0.05) is 11.3 Å². The normalized spacial score (nSPS) is 12.3. The first-order valence-electron chi connectivity index (χ1n) is 5.46. The fourth-order valence-corrected chi connectivity index (χ4v) is 2.44. The number of methoxy groups -OCH3 is 1. The van der Waals surface area contributed by atoms with Crippen LogP contribution < -0.4 is 4.87 Å². The van der Waals surface area contributed by atoms with Crippen LogP contribution in [0.25, 0.3) is 0 Å². The summed E-state index contributed by atoms with van der Waals surface area (Å²) in [7, 11) is 3.04. The number of carbonyl (C=O) groups excluding carboxylic acids is 1. The summed E-state index contributed by atoms with van der Waals surface area (Å²) in [5.74, 6) is -0.845. The van der Waals surface area contributed by atoms with Crippen molar-refractivity contribution in [2.45, 2.75) is 12.5 Å². The van der Waals surface area contributed by atoms with Crippen molar-refractivity contribution in [3.05, 3.63) is 33.3 Å². The van der Waals surface area contributed by atoms with Crippen LogP contribution in [0.4, 0.5) is 0 Å². The standard InChI is InChI=1S/C11H13N3O4S/c1-13-4-7(12-6-13)3-8(10(16)18-2)14-9(15)5-19-11(14)17/h4-6,8,15H,3H2,1-2H3. The average Bonchev–Trinajstić information content (AvgIpc) is 2.93. The van der Waals surface area contributed by atoms with Crippen molar-refractivity contribution in [3.8, 4) is 5.88 Å². The molecule has 1 atom stereocenters. The molecule has 0 saturated carbocycles. The van der Waals surface area contributed by atoms with Crippen LogP contribution in [0.1, 0.15) is 11.7 Å². The van der Waals surface area contributed by atoms with E-state index in [4.69, 9.17) is 0 Å². The molecule has 0 amide bonds. The van der Waals surface area contributed by atoms with E-state index in [1.54, 1.807) is 24.1 Å². The SMILES string of the molecule is COC(=O)C(Cc1cn(C)cn1)n1c(O)csc1=O. The van der Waals surface area contributed by atoms with Crippen molar-refractivity contribution in [1.29, 1.82) is 0 Å². The van der Waals surface area contributed by atoms with Gasteiger partial charge in [0.1, 0.15) is 6.04 Å². The molecule has 0 spiro atoms. The molecule has 102 valence electrons. The van der Waals surface area contributed by atoms with E-state index in [9.17, 15) is 14.7 Å². The number of ether oxygens (including phenoxy) is 1. The fourth-order valence-electron chi connectivity index (χ4n) is 1.78. The Morgan fingerprint density at radius 3 is 2.84 bits per heavy atom. The number of hydrogen-bond acceptors (Lipinski definition) is 6. The number of aryl methyl sites for hydroxylation is 1. The second-order valence-corrected chi connectivity index (χ2v) is 4.82. The van der Waals surface area contributed by atoms with Crippen LogP contribution in [0.15, 0.2) is 22.7 Å². The fraction of sp³-hybridized carbons (Fsp3) is 0.364. The van der Waals surface area contributed by atoms with Gasteiger partial charge >= 0.3 is 10.8 Å². The third kappa shape index (κ3) is 2.68. The van der Waals surface area contributed by atoms with Gasteiger partial charge in [-0.05, 0) is 0 Å². The molecule has 1 N–H and O–H groups in total. The summed E-state index contributed by atoms with van der Waals surface area (Å²) in [6, 6.07) is -0.918. The maximum Gasteiger partial charge on any atom is 0.329 e. The zero-order valence-corrected chi connectivity index (χ0v) is 11.3. The number of imidazole rings is 1. The lowest BCUT2D eigenvalue weighted by Gasteiger charge is -2.14. The highest BCUT2D eigenvalue weighted by Crippen LogP contribution is 2.20. The van der Waals surface area contributed by atoms with Gasteiger partial charge in [0.15, 0.2) is 0 Å². The van der Waals surface area contributed by atoms with Crippen LogP contribution in [0.3, 0.4) is 0 Å². The maximum absolute atomic E-state index is 11.8. The quantitative estimate of drug-likeness (QED) is 0.816. The monoisotopic (exact) mass is 283 g/mol. The van der Waals surface area contributed by atoms with Crippen LogP contribution in [-0.2, 0) is 23.0 Å². The number of thiazole rings is 1. The maximum atomic E-state index is 11.8. The van der Waals surface area contributed by atoms with Gasteiger partial charge in [-0.3, -0.25) is 9.36 Å². The topological polar surface area (TPSA) is 86.3 Å². The van der Waals surface area contributed by atoms with Crippen molar-refractivity contribution in [2.75, 3.05) is 7.11 Å². The number of nitrogens with zero attached hydrogens (tertiary/aromatic N) is 3. The summed E-state index contributed by atoms with van der Waals surface area (Å²) >= 11 is 0.827. The first-order valence-corrected chi connectivity index (χ1v) is 6.34. The van der Waals surface area contributed by atoms with Gasteiger partial charge in [-0.25, -0.2) is 9.78 Å². The molecule has 0 aliphatic heterocycles. The van der Waals surface area contributed by atoms with Gasteiger partial charge in [0.05, 0.1) is 24.5 Å². The van der Waals surface area contributed by atoms with Crippen molar-refractivity contribution in [3.63, 3.8) is 0 Å². The molecule has 19 heavy (non-hydrogen) atoms. The third-order valence-corrected chi connectivity index (χ3v) is 3.38. The van der Waals surface area contributed by atoms with Crippen LogP contribution >= 0.6 is 11.3 Å². The average molecular weight is 283 g/mol. The molecule has 0 fully saturated rings. The Morgan fingerprint density at radius 2 is 2.37 bits per heavy atom. The van der Waals surface area contributed by atoms with Crippen molar-refractivity contribution in [1.82, 2.24) is 14.1 Å². The zero-order valence-electron chi connectivity index (χ0n) is 10.4. The first-order chi connectivity index (χ1) is 9.02.